The van der Waals surface area contributed by atoms with Crippen molar-refractivity contribution in [2.75, 3.05) is 18.8 Å². The molecule has 0 radical (unpaired) electrons. The van der Waals surface area contributed by atoms with Crippen LogP contribution in [0.3, 0.4) is 0 Å². The minimum Gasteiger partial charge on any atom is -0.398 e. The van der Waals surface area contributed by atoms with E-state index >= 15 is 0 Å². The second kappa shape index (κ2) is 4.22. The maximum atomic E-state index is 12.5. The molecule has 98 valence electrons. The van der Waals surface area contributed by atoms with Gasteiger partial charge in [-0.2, -0.15) is 4.31 Å². The first-order chi connectivity index (χ1) is 8.57. The smallest absolute Gasteiger partial charge is 0.245 e. The molecule has 3 rings (SSSR count). The Morgan fingerprint density at radius 2 is 1.78 bits per heavy atom. The number of benzene rings is 1. The van der Waals surface area contributed by atoms with Gasteiger partial charge in [0.05, 0.1) is 5.69 Å². The van der Waals surface area contributed by atoms with E-state index in [9.17, 15) is 8.42 Å². The van der Waals surface area contributed by atoms with Crippen LogP contribution in [0.5, 0.6) is 0 Å². The van der Waals surface area contributed by atoms with Crippen LogP contribution in [0.15, 0.2) is 29.2 Å². The number of nitrogen functional groups attached to an aromatic ring is 1. The quantitative estimate of drug-likeness (QED) is 0.760. The third kappa shape index (κ3) is 1.90. The molecular formula is C12H17N3O2S. The highest BCUT2D eigenvalue weighted by atomic mass is 32.2. The highest BCUT2D eigenvalue weighted by molar-refractivity contribution is 7.89. The number of rotatable bonds is 2. The van der Waals surface area contributed by atoms with Gasteiger partial charge in [-0.15, -0.1) is 0 Å². The van der Waals surface area contributed by atoms with E-state index in [0.717, 1.165) is 12.8 Å². The van der Waals surface area contributed by atoms with Gasteiger partial charge in [-0.1, -0.05) is 12.1 Å². The zero-order valence-electron chi connectivity index (χ0n) is 10.0. The van der Waals surface area contributed by atoms with E-state index < -0.39 is 10.0 Å². The maximum Gasteiger partial charge on any atom is 0.245 e. The fourth-order valence-corrected chi connectivity index (χ4v) is 4.45. The van der Waals surface area contributed by atoms with Gasteiger partial charge in [0.15, 0.2) is 0 Å². The van der Waals surface area contributed by atoms with E-state index in [2.05, 4.69) is 5.32 Å². The number of hydrogen-bond donors (Lipinski definition) is 2. The fraction of sp³-hybridized carbons (Fsp3) is 0.500. The molecule has 0 aliphatic carbocycles. The van der Waals surface area contributed by atoms with E-state index in [0.29, 0.717) is 30.9 Å². The van der Waals surface area contributed by atoms with E-state index in [1.807, 2.05) is 0 Å². The third-order valence-electron chi connectivity index (χ3n) is 3.72. The van der Waals surface area contributed by atoms with Gasteiger partial charge < -0.3 is 11.1 Å². The molecule has 2 aliphatic rings. The summed E-state index contributed by atoms with van der Waals surface area (Å²) in [5, 5.41) is 3.42. The fourth-order valence-electron chi connectivity index (χ4n) is 2.81. The highest BCUT2D eigenvalue weighted by Crippen LogP contribution is 2.27. The molecular weight excluding hydrogens is 250 g/mol. The Bertz CT molecular complexity index is 546. The molecule has 0 amide bonds. The van der Waals surface area contributed by atoms with Gasteiger partial charge in [0, 0.05) is 25.2 Å². The maximum absolute atomic E-state index is 12.5. The first-order valence-electron chi connectivity index (χ1n) is 6.18. The number of para-hydroxylation sites is 1. The summed E-state index contributed by atoms with van der Waals surface area (Å²) in [5.41, 5.74) is 6.10. The number of anilines is 1. The average Bonchev–Trinajstić information content (AvgIpc) is 2.68. The molecule has 0 spiro atoms. The lowest BCUT2D eigenvalue weighted by atomic mass is 10.2. The molecule has 18 heavy (non-hydrogen) atoms. The number of fused-ring (bicyclic) bond motifs is 2. The molecule has 2 fully saturated rings. The second-order valence-electron chi connectivity index (χ2n) is 5.00. The van der Waals surface area contributed by atoms with Crippen LogP contribution in [0.2, 0.25) is 0 Å². The molecule has 2 saturated heterocycles. The zero-order chi connectivity index (χ0) is 12.8. The van der Waals surface area contributed by atoms with Crippen LogP contribution in [0.25, 0.3) is 0 Å². The summed E-state index contributed by atoms with van der Waals surface area (Å²) in [5.74, 6) is 0. The van der Waals surface area contributed by atoms with Crippen molar-refractivity contribution in [2.45, 2.75) is 29.8 Å². The van der Waals surface area contributed by atoms with Crippen LogP contribution in [0.1, 0.15) is 12.8 Å². The van der Waals surface area contributed by atoms with Crippen LogP contribution in [0.4, 0.5) is 5.69 Å². The van der Waals surface area contributed by atoms with Crippen molar-refractivity contribution in [3.8, 4) is 0 Å². The Labute approximate surface area is 107 Å². The molecule has 2 heterocycles. The molecule has 2 aliphatic heterocycles. The van der Waals surface area contributed by atoms with Gasteiger partial charge in [0.1, 0.15) is 4.90 Å². The Morgan fingerprint density at radius 1 is 1.17 bits per heavy atom. The first kappa shape index (κ1) is 12.0. The molecule has 0 saturated carbocycles. The molecule has 6 heteroatoms. The Hall–Kier alpha value is -1.11. The SMILES string of the molecule is Nc1ccccc1S(=O)(=O)N1CC2CCC(C1)N2. The number of hydrogen-bond acceptors (Lipinski definition) is 4. The van der Waals surface area contributed by atoms with Crippen molar-refractivity contribution >= 4 is 15.7 Å². The van der Waals surface area contributed by atoms with Gasteiger partial charge in [-0.25, -0.2) is 8.42 Å². The van der Waals surface area contributed by atoms with Crippen molar-refractivity contribution in [3.05, 3.63) is 24.3 Å². The summed E-state index contributed by atoms with van der Waals surface area (Å²) in [6.45, 7) is 1.10. The normalized spacial score (nSPS) is 28.4. The standard InChI is InChI=1S/C12H17N3O2S/c13-11-3-1-2-4-12(11)18(16,17)15-7-9-5-6-10(8-15)14-9/h1-4,9-10,14H,5-8,13H2. The van der Waals surface area contributed by atoms with Gasteiger partial charge in [0.2, 0.25) is 10.0 Å². The van der Waals surface area contributed by atoms with Crippen LogP contribution in [0, 0.1) is 0 Å². The van der Waals surface area contributed by atoms with E-state index in [1.165, 1.54) is 0 Å². The van der Waals surface area contributed by atoms with Crippen LogP contribution in [-0.2, 0) is 10.0 Å². The number of sulfonamides is 1. The zero-order valence-corrected chi connectivity index (χ0v) is 10.9. The molecule has 1 aromatic carbocycles. The molecule has 1 aromatic rings. The Balaban J connectivity index is 1.94. The summed E-state index contributed by atoms with van der Waals surface area (Å²) < 4.78 is 26.7. The Morgan fingerprint density at radius 3 is 2.39 bits per heavy atom. The van der Waals surface area contributed by atoms with Gasteiger partial charge in [-0.3, -0.25) is 0 Å². The molecule has 2 unspecified atom stereocenters. The molecule has 3 N–H and O–H groups in total. The lowest BCUT2D eigenvalue weighted by Gasteiger charge is -2.32. The first-order valence-corrected chi connectivity index (χ1v) is 7.62. The second-order valence-corrected chi connectivity index (χ2v) is 6.90. The average molecular weight is 267 g/mol. The van der Waals surface area contributed by atoms with Crippen molar-refractivity contribution < 1.29 is 8.42 Å². The summed E-state index contributed by atoms with van der Waals surface area (Å²) >= 11 is 0. The predicted octanol–water partition coefficient (Wildman–Crippen LogP) is 0.394. The summed E-state index contributed by atoms with van der Waals surface area (Å²) in [7, 11) is -3.45. The van der Waals surface area contributed by atoms with Gasteiger partial charge in [0.25, 0.3) is 0 Å². The van der Waals surface area contributed by atoms with Crippen LogP contribution < -0.4 is 11.1 Å². The third-order valence-corrected chi connectivity index (χ3v) is 5.63. The Kier molecular flexibility index (Phi) is 2.80. The topological polar surface area (TPSA) is 75.4 Å². The van der Waals surface area contributed by atoms with Crippen molar-refractivity contribution in [3.63, 3.8) is 0 Å². The predicted molar refractivity (Wildman–Crippen MR) is 69.6 cm³/mol. The van der Waals surface area contributed by atoms with E-state index in [4.69, 9.17) is 5.73 Å². The lowest BCUT2D eigenvalue weighted by Crippen LogP contribution is -2.52. The number of nitrogens with one attached hydrogen (secondary N) is 1. The van der Waals surface area contributed by atoms with Crippen LogP contribution >= 0.6 is 0 Å². The molecule has 2 atom stereocenters. The van der Waals surface area contributed by atoms with Gasteiger partial charge in [-0.05, 0) is 25.0 Å². The van der Waals surface area contributed by atoms with Gasteiger partial charge >= 0.3 is 0 Å². The summed E-state index contributed by atoms with van der Waals surface area (Å²) in [6.07, 6.45) is 2.11. The molecule has 2 bridgehead atoms. The minimum absolute atomic E-state index is 0.228. The van der Waals surface area contributed by atoms with E-state index in [-0.39, 0.29) is 4.90 Å². The van der Waals surface area contributed by atoms with Crippen LogP contribution in [-0.4, -0.2) is 37.9 Å². The van der Waals surface area contributed by atoms with Crippen molar-refractivity contribution in [1.82, 2.24) is 9.62 Å². The summed E-state index contributed by atoms with van der Waals surface area (Å²) in [4.78, 5) is 0.228. The van der Waals surface area contributed by atoms with Crippen molar-refractivity contribution in [2.24, 2.45) is 0 Å². The lowest BCUT2D eigenvalue weighted by molar-refractivity contribution is 0.296. The van der Waals surface area contributed by atoms with Crippen molar-refractivity contribution in [1.29, 1.82) is 0 Å². The van der Waals surface area contributed by atoms with E-state index in [1.54, 1.807) is 28.6 Å². The monoisotopic (exact) mass is 267 g/mol. The number of piperazine rings is 1. The summed E-state index contributed by atoms with van der Waals surface area (Å²) in [6, 6.07) is 7.25. The molecule has 0 aromatic heterocycles. The largest absolute Gasteiger partial charge is 0.398 e. The highest BCUT2D eigenvalue weighted by Gasteiger charge is 2.38. The number of nitrogens with two attached hydrogens (primary N) is 1. The molecule has 5 nitrogen and oxygen atoms in total. The minimum atomic E-state index is -3.45. The number of nitrogens with zero attached hydrogens (tertiary/aromatic N) is 1.